The van der Waals surface area contributed by atoms with Crippen molar-refractivity contribution < 1.29 is 58.2 Å². The van der Waals surface area contributed by atoms with Gasteiger partial charge in [-0.15, -0.1) is 0 Å². The van der Waals surface area contributed by atoms with Crippen molar-refractivity contribution in [2.45, 2.75) is 6.10 Å². The van der Waals surface area contributed by atoms with Crippen LogP contribution in [0.2, 0.25) is 0 Å². The molecule has 0 aromatic carbocycles. The maximum atomic E-state index is 9.67. The molecule has 0 aromatic rings. The zero-order valence-corrected chi connectivity index (χ0v) is 8.61. The number of aliphatic carboxylic acids is 1. The van der Waals surface area contributed by atoms with E-state index < -0.39 is 26.6 Å². The zero-order valence-electron chi connectivity index (χ0n) is 5.72. The Kier molecular flexibility index (Phi) is 8.77. The Balaban J connectivity index is 0. The first-order valence-electron chi connectivity index (χ1n) is 2.20. The molecule has 0 fully saturated rings. The molecule has 6 nitrogen and oxygen atoms in total. The molecule has 0 bridgehead atoms. The Morgan fingerprint density at radius 2 is 2.09 bits per heavy atom. The minimum atomic E-state index is -3.11. The van der Waals surface area contributed by atoms with Gasteiger partial charge in [-0.25, -0.2) is 9.13 Å². The fourth-order valence-electron chi connectivity index (χ4n) is 0.200. The molecule has 11 heavy (non-hydrogen) atoms. The average molecular weight is 190 g/mol. The van der Waals surface area contributed by atoms with Gasteiger partial charge in [0.25, 0.3) is 0 Å². The van der Waals surface area contributed by atoms with E-state index in [1.165, 1.54) is 0 Å². The van der Waals surface area contributed by atoms with E-state index in [9.17, 15) is 19.0 Å². The Bertz CT molecular complexity index is 180. The number of carbonyl (C=O) groups excluding carboxylic acids is 1. The van der Waals surface area contributed by atoms with Gasteiger partial charge < -0.3 is 15.0 Å². The predicted molar refractivity (Wildman–Crippen MR) is 25.3 cm³/mol. The molecule has 0 saturated carbocycles. The quantitative estimate of drug-likeness (QED) is 0.352. The molecule has 0 spiro atoms. The van der Waals surface area contributed by atoms with Crippen LogP contribution >= 0.6 is 7.91 Å². The number of aliphatic hydroxyl groups is 1. The summed E-state index contributed by atoms with van der Waals surface area (Å²) >= 11 is 0. The van der Waals surface area contributed by atoms with E-state index in [2.05, 4.69) is 4.52 Å². The van der Waals surface area contributed by atoms with Crippen LogP contribution in [0.4, 0.5) is 0 Å². The second-order valence-electron chi connectivity index (χ2n) is 1.35. The monoisotopic (exact) mass is 190 g/mol. The number of carbonyl (C=O) groups is 1. The van der Waals surface area contributed by atoms with Crippen molar-refractivity contribution in [2.24, 2.45) is 0 Å². The van der Waals surface area contributed by atoms with Gasteiger partial charge in [0.2, 0.25) is 0 Å². The van der Waals surface area contributed by atoms with Crippen LogP contribution in [0.5, 0.6) is 0 Å². The smallest absolute Gasteiger partial charge is 0.547 e. The molecule has 0 aliphatic carbocycles. The van der Waals surface area contributed by atoms with Gasteiger partial charge in [-0.1, -0.05) is 0 Å². The topological polar surface area (TPSA) is 104 Å². The molecular weight excluding hydrogens is 186 g/mol. The normalized spacial score (nSPS) is 11.4. The third-order valence-electron chi connectivity index (χ3n) is 0.610. The molecule has 0 saturated heterocycles. The summed E-state index contributed by atoms with van der Waals surface area (Å²) in [6, 6.07) is 0. The SMILES string of the molecule is O=C([O-])C(O)COP(=O)=O.[Na+]. The number of carboxylic acid groups (broad SMARTS) is 1. The molecule has 0 aliphatic rings. The largest absolute Gasteiger partial charge is 1.00 e. The van der Waals surface area contributed by atoms with E-state index in [1.54, 1.807) is 0 Å². The van der Waals surface area contributed by atoms with Gasteiger partial charge in [-0.05, 0) is 0 Å². The molecular formula is C3H4NaO6P. The van der Waals surface area contributed by atoms with Crippen LogP contribution in [0.3, 0.4) is 0 Å². The van der Waals surface area contributed by atoms with E-state index in [4.69, 9.17) is 5.11 Å². The minimum absolute atomic E-state index is 0. The number of aliphatic hydroxyl groups excluding tert-OH is 1. The van der Waals surface area contributed by atoms with Crippen molar-refractivity contribution >= 4 is 13.9 Å². The molecule has 0 amide bonds. The summed E-state index contributed by atoms with van der Waals surface area (Å²) in [6.07, 6.45) is -1.90. The molecule has 0 radical (unpaired) electrons. The Hall–Kier alpha value is 0.290. The fraction of sp³-hybridized carbons (Fsp3) is 0.667. The number of hydrogen-bond donors (Lipinski definition) is 1. The summed E-state index contributed by atoms with van der Waals surface area (Å²) in [6.45, 7) is -0.805. The van der Waals surface area contributed by atoms with Gasteiger partial charge in [-0.2, -0.15) is 0 Å². The first kappa shape index (κ1) is 13.9. The standard InChI is InChI=1S/C3H5O6P.Na/c4-2(3(5)6)1-9-10(7)8;/h2,4H,1H2,(H,5,6);/q;+1/p-1. The van der Waals surface area contributed by atoms with Gasteiger partial charge >= 0.3 is 37.5 Å². The summed E-state index contributed by atoms with van der Waals surface area (Å²) < 4.78 is 23.0. The van der Waals surface area contributed by atoms with Crippen molar-refractivity contribution in [3.63, 3.8) is 0 Å². The van der Waals surface area contributed by atoms with Crippen LogP contribution < -0.4 is 34.7 Å². The van der Waals surface area contributed by atoms with Gasteiger partial charge in [0.05, 0.1) is 12.6 Å². The Morgan fingerprint density at radius 1 is 1.64 bits per heavy atom. The van der Waals surface area contributed by atoms with E-state index >= 15 is 0 Å². The number of rotatable bonds is 4. The minimum Gasteiger partial charge on any atom is -0.547 e. The molecule has 0 rings (SSSR count). The summed E-state index contributed by atoms with van der Waals surface area (Å²) in [7, 11) is -3.11. The molecule has 1 unspecified atom stereocenters. The van der Waals surface area contributed by atoms with Crippen LogP contribution in [0.15, 0.2) is 0 Å². The summed E-state index contributed by atoms with van der Waals surface area (Å²) in [5.74, 6) is -1.77. The first-order valence-corrected chi connectivity index (χ1v) is 3.30. The van der Waals surface area contributed by atoms with E-state index in [-0.39, 0.29) is 29.6 Å². The van der Waals surface area contributed by atoms with E-state index in [0.29, 0.717) is 0 Å². The second kappa shape index (κ2) is 6.97. The van der Waals surface area contributed by atoms with Crippen LogP contribution in [-0.2, 0) is 18.4 Å². The van der Waals surface area contributed by atoms with Gasteiger partial charge in [0.15, 0.2) is 0 Å². The molecule has 8 heteroatoms. The van der Waals surface area contributed by atoms with Crippen LogP contribution in [0.1, 0.15) is 0 Å². The second-order valence-corrected chi connectivity index (χ2v) is 2.06. The van der Waals surface area contributed by atoms with Crippen LogP contribution in [0.25, 0.3) is 0 Å². The third kappa shape index (κ3) is 8.19. The molecule has 0 aromatic heterocycles. The zero-order chi connectivity index (χ0) is 8.15. The maximum absolute atomic E-state index is 9.67. The first-order chi connectivity index (χ1) is 4.54. The van der Waals surface area contributed by atoms with Crippen LogP contribution in [-0.4, -0.2) is 23.8 Å². The molecule has 58 valence electrons. The molecule has 0 heterocycles. The van der Waals surface area contributed by atoms with E-state index in [1.807, 2.05) is 0 Å². The summed E-state index contributed by atoms with van der Waals surface area (Å²) in [5.41, 5.74) is 0. The third-order valence-corrected chi connectivity index (χ3v) is 0.970. The van der Waals surface area contributed by atoms with Crippen molar-refractivity contribution in [3.8, 4) is 0 Å². The number of carboxylic acids is 1. The van der Waals surface area contributed by atoms with Gasteiger partial charge in [-0.3, -0.25) is 4.52 Å². The van der Waals surface area contributed by atoms with Crippen molar-refractivity contribution in [1.82, 2.24) is 0 Å². The average Bonchev–Trinajstić information content (AvgIpc) is 1.82. The molecule has 1 atom stereocenters. The van der Waals surface area contributed by atoms with Crippen LogP contribution in [0, 0.1) is 0 Å². The summed E-state index contributed by atoms with van der Waals surface area (Å²) in [4.78, 5) is 9.67. The molecule has 0 aliphatic heterocycles. The van der Waals surface area contributed by atoms with Crippen molar-refractivity contribution in [2.75, 3.05) is 6.61 Å². The number of hydrogen-bond acceptors (Lipinski definition) is 6. The van der Waals surface area contributed by atoms with Gasteiger partial charge in [0, 0.05) is 0 Å². The van der Waals surface area contributed by atoms with Crippen molar-refractivity contribution in [1.29, 1.82) is 0 Å². The van der Waals surface area contributed by atoms with Gasteiger partial charge in [0.1, 0.15) is 6.10 Å². The fourth-order valence-corrected chi connectivity index (χ4v) is 0.462. The Morgan fingerprint density at radius 3 is 2.36 bits per heavy atom. The van der Waals surface area contributed by atoms with Crippen molar-refractivity contribution in [3.05, 3.63) is 0 Å². The predicted octanol–water partition coefficient (Wildman–Crippen LogP) is -4.79. The maximum Gasteiger partial charge on any atom is 1.00 e. The Labute approximate surface area is 84.7 Å². The summed E-state index contributed by atoms with van der Waals surface area (Å²) in [5, 5.41) is 18.0. The van der Waals surface area contributed by atoms with E-state index in [0.717, 1.165) is 0 Å². The molecule has 1 N–H and O–H groups in total.